The van der Waals surface area contributed by atoms with Gasteiger partial charge in [-0.05, 0) is 50.1 Å². The first kappa shape index (κ1) is 12.2. The molecule has 98 valence electrons. The van der Waals surface area contributed by atoms with E-state index in [4.69, 9.17) is 0 Å². The molecule has 2 fully saturated rings. The van der Waals surface area contributed by atoms with Crippen molar-refractivity contribution in [3.05, 3.63) is 35.9 Å². The summed E-state index contributed by atoms with van der Waals surface area (Å²) in [6.45, 7) is 2.25. The van der Waals surface area contributed by atoms with Crippen molar-refractivity contribution >= 4 is 0 Å². The molecule has 0 radical (unpaired) electrons. The van der Waals surface area contributed by atoms with Crippen LogP contribution in [0, 0.1) is 5.92 Å². The van der Waals surface area contributed by atoms with Crippen LogP contribution in [0.3, 0.4) is 0 Å². The molecule has 1 N–H and O–H groups in total. The van der Waals surface area contributed by atoms with Gasteiger partial charge in [-0.2, -0.15) is 0 Å². The Morgan fingerprint density at radius 1 is 1.11 bits per heavy atom. The monoisotopic (exact) mass is 245 g/mol. The van der Waals surface area contributed by atoms with E-state index >= 15 is 0 Å². The average molecular weight is 245 g/mol. The van der Waals surface area contributed by atoms with Gasteiger partial charge in [0.2, 0.25) is 0 Å². The predicted molar refractivity (Wildman–Crippen MR) is 73.2 cm³/mol. The maximum atomic E-state index is 9.91. The van der Waals surface area contributed by atoms with Crippen molar-refractivity contribution in [3.63, 3.8) is 0 Å². The minimum atomic E-state index is -0.0670. The normalized spacial score (nSPS) is 33.1. The number of hydrogen-bond acceptors (Lipinski definition) is 2. The van der Waals surface area contributed by atoms with E-state index in [-0.39, 0.29) is 6.10 Å². The Labute approximate surface area is 110 Å². The lowest BCUT2D eigenvalue weighted by molar-refractivity contribution is -0.00178. The summed E-state index contributed by atoms with van der Waals surface area (Å²) in [6.07, 6.45) is 5.84. The fourth-order valence-corrected chi connectivity index (χ4v) is 3.71. The molecule has 0 amide bonds. The van der Waals surface area contributed by atoms with Gasteiger partial charge in [0.25, 0.3) is 0 Å². The Morgan fingerprint density at radius 3 is 2.78 bits per heavy atom. The summed E-state index contributed by atoms with van der Waals surface area (Å²) in [5.74, 6) is 0.825. The van der Waals surface area contributed by atoms with Crippen LogP contribution in [-0.2, 0) is 6.54 Å². The van der Waals surface area contributed by atoms with Crippen molar-refractivity contribution in [2.24, 2.45) is 5.92 Å². The van der Waals surface area contributed by atoms with E-state index in [9.17, 15) is 5.11 Å². The first-order chi connectivity index (χ1) is 8.83. The van der Waals surface area contributed by atoms with E-state index in [1.54, 1.807) is 0 Å². The molecule has 0 spiro atoms. The van der Waals surface area contributed by atoms with Gasteiger partial charge in [0.05, 0.1) is 6.10 Å². The van der Waals surface area contributed by atoms with Crippen molar-refractivity contribution in [1.29, 1.82) is 0 Å². The fraction of sp³-hybridized carbons (Fsp3) is 0.625. The summed E-state index contributed by atoms with van der Waals surface area (Å²) in [6, 6.07) is 11.3. The number of piperidine rings is 1. The van der Waals surface area contributed by atoms with Crippen LogP contribution in [0.1, 0.15) is 37.7 Å². The van der Waals surface area contributed by atoms with E-state index in [1.165, 1.54) is 31.4 Å². The summed E-state index contributed by atoms with van der Waals surface area (Å²) in [5.41, 5.74) is 1.40. The molecule has 0 aromatic heterocycles. The lowest BCUT2D eigenvalue weighted by Gasteiger charge is -2.45. The van der Waals surface area contributed by atoms with E-state index in [0.29, 0.717) is 6.04 Å². The van der Waals surface area contributed by atoms with E-state index < -0.39 is 0 Å². The molecule has 1 aliphatic carbocycles. The van der Waals surface area contributed by atoms with Gasteiger partial charge in [0.15, 0.2) is 0 Å². The molecular weight excluding hydrogens is 222 g/mol. The van der Waals surface area contributed by atoms with E-state index in [1.807, 2.05) is 0 Å². The van der Waals surface area contributed by atoms with Gasteiger partial charge in [-0.15, -0.1) is 0 Å². The number of aliphatic hydroxyl groups is 1. The minimum absolute atomic E-state index is 0.0670. The van der Waals surface area contributed by atoms with Gasteiger partial charge >= 0.3 is 0 Å². The van der Waals surface area contributed by atoms with Crippen LogP contribution < -0.4 is 0 Å². The molecule has 1 aromatic rings. The lowest BCUT2D eigenvalue weighted by atomic mass is 9.77. The summed E-state index contributed by atoms with van der Waals surface area (Å²) < 4.78 is 0. The van der Waals surface area contributed by atoms with Crippen LogP contribution in [-0.4, -0.2) is 28.7 Å². The average Bonchev–Trinajstić information content (AvgIpc) is 2.41. The number of rotatable bonds is 2. The number of fused-ring (bicyclic) bond motifs is 1. The molecule has 2 nitrogen and oxygen atoms in total. The number of nitrogens with zero attached hydrogens (tertiary/aromatic N) is 1. The highest BCUT2D eigenvalue weighted by Gasteiger charge is 2.35. The summed E-state index contributed by atoms with van der Waals surface area (Å²) in [4.78, 5) is 2.60. The molecule has 1 saturated carbocycles. The Bertz CT molecular complexity index is 378. The second kappa shape index (κ2) is 5.41. The SMILES string of the molecule is OC1CCC2CCCN(Cc3ccccc3)C2C1. The summed E-state index contributed by atoms with van der Waals surface area (Å²) >= 11 is 0. The van der Waals surface area contributed by atoms with Crippen molar-refractivity contribution < 1.29 is 5.11 Å². The van der Waals surface area contributed by atoms with Crippen LogP contribution in [0.2, 0.25) is 0 Å². The van der Waals surface area contributed by atoms with Crippen LogP contribution in [0.15, 0.2) is 30.3 Å². The molecule has 1 aliphatic heterocycles. The number of likely N-dealkylation sites (tertiary alicyclic amines) is 1. The van der Waals surface area contributed by atoms with Crippen LogP contribution in [0.4, 0.5) is 0 Å². The Kier molecular flexibility index (Phi) is 3.67. The Balaban J connectivity index is 1.70. The van der Waals surface area contributed by atoms with Crippen LogP contribution in [0.25, 0.3) is 0 Å². The van der Waals surface area contributed by atoms with Gasteiger partial charge in [0.1, 0.15) is 0 Å². The van der Waals surface area contributed by atoms with Gasteiger partial charge in [-0.1, -0.05) is 30.3 Å². The molecule has 3 unspecified atom stereocenters. The lowest BCUT2D eigenvalue weighted by Crippen LogP contribution is -2.48. The molecule has 3 rings (SSSR count). The standard InChI is InChI=1S/C16H23NO/c18-15-9-8-14-7-4-10-17(16(14)11-15)12-13-5-2-1-3-6-13/h1-3,5-6,14-16,18H,4,7-12H2. The Morgan fingerprint density at radius 2 is 1.94 bits per heavy atom. The third-order valence-corrected chi connectivity index (χ3v) is 4.65. The van der Waals surface area contributed by atoms with Crippen LogP contribution >= 0.6 is 0 Å². The maximum Gasteiger partial charge on any atom is 0.0555 e. The summed E-state index contributed by atoms with van der Waals surface area (Å²) in [5, 5.41) is 9.91. The number of benzene rings is 1. The fourth-order valence-electron chi connectivity index (χ4n) is 3.71. The highest BCUT2D eigenvalue weighted by molar-refractivity contribution is 5.15. The van der Waals surface area contributed by atoms with Gasteiger partial charge in [-0.3, -0.25) is 4.90 Å². The third-order valence-electron chi connectivity index (χ3n) is 4.65. The molecule has 1 aromatic carbocycles. The molecule has 1 heterocycles. The zero-order valence-electron chi connectivity index (χ0n) is 11.0. The number of aliphatic hydroxyl groups excluding tert-OH is 1. The highest BCUT2D eigenvalue weighted by atomic mass is 16.3. The van der Waals surface area contributed by atoms with Gasteiger partial charge in [0, 0.05) is 12.6 Å². The van der Waals surface area contributed by atoms with Crippen molar-refractivity contribution in [3.8, 4) is 0 Å². The molecule has 3 atom stereocenters. The molecule has 1 saturated heterocycles. The van der Waals surface area contributed by atoms with Gasteiger partial charge in [-0.25, -0.2) is 0 Å². The Hall–Kier alpha value is -0.860. The van der Waals surface area contributed by atoms with Crippen molar-refractivity contribution in [2.45, 2.75) is 50.8 Å². The second-order valence-electron chi connectivity index (χ2n) is 5.89. The molecule has 18 heavy (non-hydrogen) atoms. The smallest absolute Gasteiger partial charge is 0.0555 e. The van der Waals surface area contributed by atoms with Crippen molar-refractivity contribution in [1.82, 2.24) is 4.90 Å². The zero-order valence-corrected chi connectivity index (χ0v) is 11.0. The largest absolute Gasteiger partial charge is 0.393 e. The first-order valence-electron chi connectivity index (χ1n) is 7.29. The first-order valence-corrected chi connectivity index (χ1v) is 7.29. The predicted octanol–water partition coefficient (Wildman–Crippen LogP) is 2.81. The maximum absolute atomic E-state index is 9.91. The molecule has 2 heteroatoms. The highest BCUT2D eigenvalue weighted by Crippen LogP contribution is 2.36. The van der Waals surface area contributed by atoms with E-state index in [0.717, 1.165) is 25.3 Å². The second-order valence-corrected chi connectivity index (χ2v) is 5.89. The minimum Gasteiger partial charge on any atom is -0.393 e. The molecular formula is C16H23NO. The van der Waals surface area contributed by atoms with Crippen molar-refractivity contribution in [2.75, 3.05) is 6.54 Å². The van der Waals surface area contributed by atoms with E-state index in [2.05, 4.69) is 35.2 Å². The van der Waals surface area contributed by atoms with Crippen LogP contribution in [0.5, 0.6) is 0 Å². The molecule has 0 bridgehead atoms. The quantitative estimate of drug-likeness (QED) is 0.866. The zero-order chi connectivity index (χ0) is 12.4. The topological polar surface area (TPSA) is 23.5 Å². The number of hydrogen-bond donors (Lipinski definition) is 1. The third kappa shape index (κ3) is 2.60. The molecule has 2 aliphatic rings. The summed E-state index contributed by atoms with van der Waals surface area (Å²) in [7, 11) is 0. The van der Waals surface area contributed by atoms with Gasteiger partial charge < -0.3 is 5.11 Å².